The Kier molecular flexibility index (Phi) is 11.8. The van der Waals surface area contributed by atoms with Crippen LogP contribution in [0.3, 0.4) is 0 Å². The Morgan fingerprint density at radius 3 is 2.03 bits per heavy atom. The van der Waals surface area contributed by atoms with E-state index < -0.39 is 0 Å². The van der Waals surface area contributed by atoms with E-state index in [1.165, 1.54) is 44.5 Å². The third-order valence-corrected chi connectivity index (χ3v) is 6.97. The number of hydrogen-bond acceptors (Lipinski definition) is 2. The molecule has 1 atom stereocenters. The molecular weight excluding hydrogens is 424 g/mol. The van der Waals surface area contributed by atoms with Crippen LogP contribution in [0, 0.1) is 26.2 Å². The van der Waals surface area contributed by atoms with E-state index in [-0.39, 0.29) is 5.41 Å². The Bertz CT molecular complexity index is 956. The van der Waals surface area contributed by atoms with E-state index >= 15 is 0 Å². The summed E-state index contributed by atoms with van der Waals surface area (Å²) >= 11 is 0. The van der Waals surface area contributed by atoms with Gasteiger partial charge in [-0.1, -0.05) is 78.1 Å². The molecule has 0 amide bonds. The highest BCUT2D eigenvalue weighted by molar-refractivity contribution is 5.43. The topological polar surface area (TPSA) is 24.1 Å². The molecule has 1 unspecified atom stereocenters. The molecule has 2 N–H and O–H groups in total. The van der Waals surface area contributed by atoms with Gasteiger partial charge in [-0.05, 0) is 104 Å². The quantitative estimate of drug-likeness (QED) is 0.278. The van der Waals surface area contributed by atoms with E-state index in [9.17, 15) is 0 Å². The highest BCUT2D eigenvalue weighted by Crippen LogP contribution is 2.32. The summed E-state index contributed by atoms with van der Waals surface area (Å²) in [5.74, 6) is 0.488. The Morgan fingerprint density at radius 2 is 1.54 bits per heavy atom. The van der Waals surface area contributed by atoms with Crippen LogP contribution in [0.25, 0.3) is 0 Å². The Hall–Kier alpha value is -2.48. The normalized spacial score (nSPS) is 13.7. The molecule has 0 aromatic heterocycles. The zero-order valence-electron chi connectivity index (χ0n) is 24.5. The molecule has 1 aromatic carbocycles. The van der Waals surface area contributed by atoms with E-state index in [1.807, 2.05) is 0 Å². The lowest BCUT2D eigenvalue weighted by atomic mass is 9.85. The van der Waals surface area contributed by atoms with E-state index in [0.717, 1.165) is 37.2 Å². The van der Waals surface area contributed by atoms with Crippen molar-refractivity contribution in [3.8, 4) is 0 Å². The lowest BCUT2D eigenvalue weighted by molar-refractivity contribution is 0.395. The van der Waals surface area contributed by atoms with Gasteiger partial charge in [0.25, 0.3) is 0 Å². The van der Waals surface area contributed by atoms with Gasteiger partial charge in [0.1, 0.15) is 0 Å². The van der Waals surface area contributed by atoms with Crippen LogP contribution in [-0.2, 0) is 0 Å². The van der Waals surface area contributed by atoms with Gasteiger partial charge < -0.3 is 10.6 Å². The number of allylic oxidation sites excluding steroid dienone is 5. The van der Waals surface area contributed by atoms with Gasteiger partial charge in [0.05, 0.1) is 6.54 Å². The van der Waals surface area contributed by atoms with Crippen LogP contribution < -0.4 is 10.6 Å². The number of hydrogen-bond donors (Lipinski definition) is 2. The molecule has 35 heavy (non-hydrogen) atoms. The van der Waals surface area contributed by atoms with Crippen LogP contribution in [0.1, 0.15) is 95.9 Å². The number of nitrogens with one attached hydrogen (secondary N) is 2. The molecule has 0 saturated heterocycles. The second-order valence-corrected chi connectivity index (χ2v) is 11.4. The predicted molar refractivity (Wildman–Crippen MR) is 158 cm³/mol. The van der Waals surface area contributed by atoms with Gasteiger partial charge in [-0.25, -0.2) is 0 Å². The molecule has 1 aromatic rings. The molecule has 0 bridgehead atoms. The van der Waals surface area contributed by atoms with Gasteiger partial charge in [0, 0.05) is 17.9 Å². The van der Waals surface area contributed by atoms with E-state index in [1.54, 1.807) is 0 Å². The number of rotatable bonds is 13. The second kappa shape index (κ2) is 13.6. The Labute approximate surface area is 217 Å². The maximum atomic E-state index is 4.46. The molecule has 0 radical (unpaired) electrons. The summed E-state index contributed by atoms with van der Waals surface area (Å²) in [5, 5.41) is 6.89. The number of benzene rings is 1. The van der Waals surface area contributed by atoms with Crippen molar-refractivity contribution in [1.82, 2.24) is 10.6 Å². The minimum absolute atomic E-state index is 0.226. The molecule has 0 aliphatic heterocycles. The highest BCUT2D eigenvalue weighted by Gasteiger charge is 2.15. The fourth-order valence-corrected chi connectivity index (χ4v) is 4.28. The van der Waals surface area contributed by atoms with Crippen molar-refractivity contribution in [2.75, 3.05) is 13.1 Å². The van der Waals surface area contributed by atoms with Crippen molar-refractivity contribution in [3.63, 3.8) is 0 Å². The predicted octanol–water partition coefficient (Wildman–Crippen LogP) is 8.98. The lowest BCUT2D eigenvalue weighted by Gasteiger charge is -2.22. The van der Waals surface area contributed by atoms with E-state index in [4.69, 9.17) is 0 Å². The monoisotopic (exact) mass is 476 g/mol. The lowest BCUT2D eigenvalue weighted by Crippen LogP contribution is -2.30. The van der Waals surface area contributed by atoms with Gasteiger partial charge in [-0.15, -0.1) is 0 Å². The van der Waals surface area contributed by atoms with Gasteiger partial charge in [-0.3, -0.25) is 0 Å². The first-order chi connectivity index (χ1) is 16.2. The number of aryl methyl sites for hydroxylation is 2. The first kappa shape index (κ1) is 30.6. The minimum Gasteiger partial charge on any atom is -0.387 e. The first-order valence-corrected chi connectivity index (χ1v) is 13.2. The SMILES string of the molecule is C=C(CNC(=C)/C(CC)=C(C)/C=C(\C)C(=C)CC(CC)c1cc(C)c(C)c(C)c1)NCC(C)(C)C. The smallest absolute Gasteiger partial charge is 0.0541 e. The van der Waals surface area contributed by atoms with Crippen molar-refractivity contribution in [2.45, 2.75) is 94.4 Å². The first-order valence-electron chi connectivity index (χ1n) is 13.2. The van der Waals surface area contributed by atoms with Gasteiger partial charge >= 0.3 is 0 Å². The van der Waals surface area contributed by atoms with Crippen molar-refractivity contribution < 1.29 is 0 Å². The molecule has 0 aliphatic rings. The summed E-state index contributed by atoms with van der Waals surface area (Å²) in [6.07, 6.45) is 5.29. The summed E-state index contributed by atoms with van der Waals surface area (Å²) < 4.78 is 0. The summed E-state index contributed by atoms with van der Waals surface area (Å²) in [4.78, 5) is 0. The van der Waals surface area contributed by atoms with Crippen LogP contribution in [-0.4, -0.2) is 13.1 Å². The third kappa shape index (κ3) is 9.96. The van der Waals surface area contributed by atoms with Crippen LogP contribution in [0.5, 0.6) is 0 Å². The largest absolute Gasteiger partial charge is 0.387 e. The molecule has 0 fully saturated rings. The fraction of sp³-hybridized carbons (Fsp3) is 0.515. The third-order valence-electron chi connectivity index (χ3n) is 6.97. The van der Waals surface area contributed by atoms with Gasteiger partial charge in [0.2, 0.25) is 0 Å². The second-order valence-electron chi connectivity index (χ2n) is 11.4. The van der Waals surface area contributed by atoms with E-state index in [0.29, 0.717) is 12.5 Å². The standard InChI is InChI=1S/C33H52N2/c1-14-30(31-18-24(5)28(9)25(6)19-31)17-23(4)22(3)16-26(7)32(15-2)29(10)34-20-27(8)35-21-33(11,12)13/h16,18-19,30,34-35H,4,8,10,14-15,17,20-21H2,1-3,5-7,9,11-13H3/b22-16+,32-26+. The van der Waals surface area contributed by atoms with E-state index in [2.05, 4.69) is 118 Å². The maximum Gasteiger partial charge on any atom is 0.0541 e. The molecule has 1 rings (SSSR count). The summed E-state index contributed by atoms with van der Waals surface area (Å²) in [7, 11) is 0. The Morgan fingerprint density at radius 1 is 0.971 bits per heavy atom. The molecule has 2 heteroatoms. The molecule has 2 nitrogen and oxygen atoms in total. The summed E-state index contributed by atoms with van der Waals surface area (Å²) in [5.41, 5.74) is 12.7. The molecule has 0 heterocycles. The van der Waals surface area contributed by atoms with Crippen LogP contribution in [0.15, 0.2) is 71.6 Å². The summed E-state index contributed by atoms with van der Waals surface area (Å²) in [6, 6.07) is 4.73. The summed E-state index contributed by atoms with van der Waals surface area (Å²) in [6.45, 7) is 36.6. The molecule has 0 saturated carbocycles. The highest BCUT2D eigenvalue weighted by atomic mass is 15.0. The van der Waals surface area contributed by atoms with Crippen molar-refractivity contribution in [3.05, 3.63) is 93.9 Å². The Balaban J connectivity index is 2.91. The maximum absolute atomic E-state index is 4.46. The van der Waals surface area contributed by atoms with Crippen molar-refractivity contribution in [2.24, 2.45) is 5.41 Å². The minimum atomic E-state index is 0.226. The molecule has 194 valence electrons. The van der Waals surface area contributed by atoms with Gasteiger partial charge in [0.15, 0.2) is 0 Å². The molecule has 0 spiro atoms. The van der Waals surface area contributed by atoms with Crippen molar-refractivity contribution >= 4 is 0 Å². The van der Waals surface area contributed by atoms with Crippen LogP contribution in [0.4, 0.5) is 0 Å². The fourth-order valence-electron chi connectivity index (χ4n) is 4.28. The average molecular weight is 477 g/mol. The zero-order chi connectivity index (χ0) is 26.9. The van der Waals surface area contributed by atoms with Gasteiger partial charge in [-0.2, -0.15) is 0 Å². The van der Waals surface area contributed by atoms with Crippen LogP contribution in [0.2, 0.25) is 0 Å². The average Bonchev–Trinajstić information content (AvgIpc) is 2.77. The van der Waals surface area contributed by atoms with Crippen molar-refractivity contribution in [1.29, 1.82) is 0 Å². The molecular formula is C33H52N2. The molecule has 0 aliphatic carbocycles. The zero-order valence-corrected chi connectivity index (χ0v) is 24.5. The van der Waals surface area contributed by atoms with Crippen LogP contribution >= 0.6 is 0 Å².